The van der Waals surface area contributed by atoms with Crippen molar-refractivity contribution in [1.29, 1.82) is 0 Å². The Bertz CT molecular complexity index is 429. The molecule has 0 aromatic heterocycles. The van der Waals surface area contributed by atoms with E-state index < -0.39 is 11.7 Å². The molecule has 0 spiro atoms. The molecule has 2 rings (SSSR count). The molecule has 0 bridgehead atoms. The van der Waals surface area contributed by atoms with Gasteiger partial charge in [0.05, 0.1) is 5.56 Å². The van der Waals surface area contributed by atoms with Crippen LogP contribution in [0.3, 0.4) is 0 Å². The summed E-state index contributed by atoms with van der Waals surface area (Å²) in [6, 6.07) is 5.29. The number of allylic oxidation sites excluding steroid dienone is 2. The van der Waals surface area contributed by atoms with Gasteiger partial charge in [-0.15, -0.1) is 0 Å². The zero-order chi connectivity index (χ0) is 12.3. The summed E-state index contributed by atoms with van der Waals surface area (Å²) >= 11 is 0. The normalized spacial score (nSPS) is 15.4. The number of hydrogen-bond donors (Lipinski definition) is 0. The van der Waals surface area contributed by atoms with Gasteiger partial charge in [0.2, 0.25) is 0 Å². The van der Waals surface area contributed by atoms with Gasteiger partial charge in [-0.2, -0.15) is 13.2 Å². The van der Waals surface area contributed by atoms with Crippen molar-refractivity contribution in [2.24, 2.45) is 0 Å². The van der Waals surface area contributed by atoms with Crippen molar-refractivity contribution >= 4 is 0 Å². The molecular formula is C13H12F3N. The van der Waals surface area contributed by atoms with E-state index in [4.69, 9.17) is 0 Å². The van der Waals surface area contributed by atoms with Crippen LogP contribution in [0.2, 0.25) is 0 Å². The fourth-order valence-corrected chi connectivity index (χ4v) is 1.66. The van der Waals surface area contributed by atoms with E-state index in [0.717, 1.165) is 24.2 Å². The second-order valence-corrected chi connectivity index (χ2v) is 3.89. The summed E-state index contributed by atoms with van der Waals surface area (Å²) in [5.74, 6) is 0. The maximum Gasteiger partial charge on any atom is 0.416 e. The average Bonchev–Trinajstić information content (AvgIpc) is 2.30. The van der Waals surface area contributed by atoms with Crippen LogP contribution >= 0.6 is 0 Å². The van der Waals surface area contributed by atoms with Crippen LogP contribution in [-0.2, 0) is 12.7 Å². The van der Waals surface area contributed by atoms with Gasteiger partial charge in [0.15, 0.2) is 0 Å². The summed E-state index contributed by atoms with van der Waals surface area (Å²) in [6.45, 7) is 1.41. The topological polar surface area (TPSA) is 3.24 Å². The van der Waals surface area contributed by atoms with Crippen molar-refractivity contribution in [2.75, 3.05) is 6.54 Å². The monoisotopic (exact) mass is 239 g/mol. The Labute approximate surface area is 97.9 Å². The van der Waals surface area contributed by atoms with Crippen molar-refractivity contribution in [3.05, 3.63) is 59.8 Å². The van der Waals surface area contributed by atoms with Crippen LogP contribution in [0.25, 0.3) is 0 Å². The minimum atomic E-state index is -4.26. The van der Waals surface area contributed by atoms with Crippen molar-refractivity contribution in [3.8, 4) is 0 Å². The first-order valence-corrected chi connectivity index (χ1v) is 5.29. The van der Waals surface area contributed by atoms with Gasteiger partial charge in [-0.05, 0) is 30.0 Å². The van der Waals surface area contributed by atoms with Gasteiger partial charge in [-0.25, -0.2) is 0 Å². The predicted molar refractivity (Wildman–Crippen MR) is 60.1 cm³/mol. The fraction of sp³-hybridized carbons (Fsp3) is 0.231. The maximum absolute atomic E-state index is 12.3. The molecule has 0 fully saturated rings. The van der Waals surface area contributed by atoms with E-state index in [9.17, 15) is 13.2 Å². The molecule has 0 unspecified atom stereocenters. The summed E-state index contributed by atoms with van der Waals surface area (Å²) in [5.41, 5.74) is 0.272. The number of alkyl halides is 3. The molecule has 0 saturated heterocycles. The minimum Gasteiger partial charge on any atom is -0.369 e. The Morgan fingerprint density at radius 3 is 2.29 bits per heavy atom. The number of halogens is 3. The molecule has 1 aromatic carbocycles. The van der Waals surface area contributed by atoms with Crippen LogP contribution in [0.1, 0.15) is 11.1 Å². The van der Waals surface area contributed by atoms with E-state index >= 15 is 0 Å². The van der Waals surface area contributed by atoms with E-state index in [2.05, 4.69) is 0 Å². The van der Waals surface area contributed by atoms with E-state index in [0.29, 0.717) is 6.54 Å². The summed E-state index contributed by atoms with van der Waals surface area (Å²) in [5, 5.41) is 0. The van der Waals surface area contributed by atoms with Crippen LogP contribution in [0.4, 0.5) is 13.2 Å². The Balaban J connectivity index is 2.03. The lowest BCUT2D eigenvalue weighted by Gasteiger charge is -2.20. The van der Waals surface area contributed by atoms with E-state index in [1.807, 2.05) is 29.3 Å². The molecule has 0 saturated carbocycles. The predicted octanol–water partition coefficient (Wildman–Crippen LogP) is 3.59. The molecule has 1 aliphatic rings. The lowest BCUT2D eigenvalue weighted by atomic mass is 10.1. The van der Waals surface area contributed by atoms with E-state index in [-0.39, 0.29) is 0 Å². The average molecular weight is 239 g/mol. The number of hydrogen-bond acceptors (Lipinski definition) is 1. The first-order valence-electron chi connectivity index (χ1n) is 5.29. The van der Waals surface area contributed by atoms with E-state index in [1.165, 1.54) is 12.1 Å². The van der Waals surface area contributed by atoms with Gasteiger partial charge in [-0.3, -0.25) is 0 Å². The van der Waals surface area contributed by atoms with Crippen LogP contribution < -0.4 is 0 Å². The first kappa shape index (κ1) is 11.8. The standard InChI is InChI=1S/C13H12F3N/c14-13(15,16)12-6-4-11(5-7-12)10-17-8-2-1-3-9-17/h1-8H,9-10H2. The van der Waals surface area contributed by atoms with Gasteiger partial charge < -0.3 is 4.90 Å². The van der Waals surface area contributed by atoms with E-state index in [1.54, 1.807) is 0 Å². The molecule has 90 valence electrons. The van der Waals surface area contributed by atoms with Gasteiger partial charge >= 0.3 is 6.18 Å². The Hall–Kier alpha value is -1.71. The minimum absolute atomic E-state index is 0.602. The summed E-state index contributed by atoms with van der Waals surface area (Å²) in [7, 11) is 0. The smallest absolute Gasteiger partial charge is 0.369 e. The number of rotatable bonds is 2. The lowest BCUT2D eigenvalue weighted by molar-refractivity contribution is -0.137. The molecule has 1 nitrogen and oxygen atoms in total. The first-order chi connectivity index (χ1) is 8.05. The third kappa shape index (κ3) is 3.12. The van der Waals surface area contributed by atoms with Crippen molar-refractivity contribution in [2.45, 2.75) is 12.7 Å². The van der Waals surface area contributed by atoms with Gasteiger partial charge in [0, 0.05) is 13.1 Å². The largest absolute Gasteiger partial charge is 0.416 e. The zero-order valence-electron chi connectivity index (χ0n) is 9.11. The molecule has 0 aliphatic carbocycles. The Morgan fingerprint density at radius 2 is 1.76 bits per heavy atom. The molecule has 0 amide bonds. The molecule has 4 heteroatoms. The Morgan fingerprint density at radius 1 is 1.06 bits per heavy atom. The highest BCUT2D eigenvalue weighted by Gasteiger charge is 2.29. The molecule has 17 heavy (non-hydrogen) atoms. The molecule has 1 heterocycles. The second kappa shape index (κ2) is 4.65. The second-order valence-electron chi connectivity index (χ2n) is 3.89. The highest BCUT2D eigenvalue weighted by atomic mass is 19.4. The highest BCUT2D eigenvalue weighted by molar-refractivity contribution is 5.25. The number of benzene rings is 1. The van der Waals surface area contributed by atoms with Gasteiger partial charge in [0.1, 0.15) is 0 Å². The molecule has 1 aromatic rings. The highest BCUT2D eigenvalue weighted by Crippen LogP contribution is 2.29. The molecule has 0 atom stereocenters. The van der Waals surface area contributed by atoms with Crippen LogP contribution in [0.5, 0.6) is 0 Å². The molecular weight excluding hydrogens is 227 g/mol. The Kier molecular flexibility index (Phi) is 3.22. The lowest BCUT2D eigenvalue weighted by Crippen LogP contribution is -2.18. The molecule has 1 aliphatic heterocycles. The summed E-state index contributed by atoms with van der Waals surface area (Å²) in [4.78, 5) is 2.03. The third-order valence-electron chi connectivity index (χ3n) is 2.55. The summed E-state index contributed by atoms with van der Waals surface area (Å²) < 4.78 is 37.0. The van der Waals surface area contributed by atoms with Crippen LogP contribution in [0, 0.1) is 0 Å². The van der Waals surface area contributed by atoms with Crippen LogP contribution in [0.15, 0.2) is 48.7 Å². The quantitative estimate of drug-likeness (QED) is 0.762. The SMILES string of the molecule is FC(F)(F)c1ccc(CN2C=CC=CC2)cc1. The third-order valence-corrected chi connectivity index (χ3v) is 2.55. The number of nitrogens with zero attached hydrogens (tertiary/aromatic N) is 1. The zero-order valence-corrected chi connectivity index (χ0v) is 9.11. The van der Waals surface area contributed by atoms with Gasteiger partial charge in [0.25, 0.3) is 0 Å². The fourth-order valence-electron chi connectivity index (χ4n) is 1.66. The molecule has 0 N–H and O–H groups in total. The van der Waals surface area contributed by atoms with Crippen molar-refractivity contribution < 1.29 is 13.2 Å². The molecule has 0 radical (unpaired) electrons. The van der Waals surface area contributed by atoms with Gasteiger partial charge in [-0.1, -0.05) is 24.3 Å². The maximum atomic E-state index is 12.3. The van der Waals surface area contributed by atoms with Crippen molar-refractivity contribution in [3.63, 3.8) is 0 Å². The van der Waals surface area contributed by atoms with Crippen molar-refractivity contribution in [1.82, 2.24) is 4.90 Å². The summed E-state index contributed by atoms with van der Waals surface area (Å²) in [6.07, 6.45) is 3.53. The van der Waals surface area contributed by atoms with Crippen LogP contribution in [-0.4, -0.2) is 11.4 Å².